The first kappa shape index (κ1) is 16.3. The van der Waals surface area contributed by atoms with Gasteiger partial charge in [0.15, 0.2) is 0 Å². The molecule has 0 spiro atoms. The van der Waals surface area contributed by atoms with Gasteiger partial charge < -0.3 is 4.90 Å². The molecule has 0 aliphatic carbocycles. The Morgan fingerprint density at radius 1 is 1.19 bits per heavy atom. The highest BCUT2D eigenvalue weighted by Crippen LogP contribution is 2.29. The Labute approximate surface area is 140 Å². The highest BCUT2D eigenvalue weighted by Gasteiger charge is 2.19. The first-order valence-electron chi connectivity index (χ1n) is 5.90. The van der Waals surface area contributed by atoms with Crippen LogP contribution in [-0.2, 0) is 10.0 Å². The first-order chi connectivity index (χ1) is 9.81. The average molecular weight is 435 g/mol. The molecular weight excluding hydrogens is 422 g/mol. The van der Waals surface area contributed by atoms with E-state index >= 15 is 0 Å². The minimum absolute atomic E-state index is 0.166. The summed E-state index contributed by atoms with van der Waals surface area (Å²) in [5, 5.41) is 0. The molecule has 1 N–H and O–H groups in total. The van der Waals surface area contributed by atoms with Gasteiger partial charge in [0.1, 0.15) is 4.90 Å². The van der Waals surface area contributed by atoms with Crippen molar-refractivity contribution in [3.05, 3.63) is 45.6 Å². The maximum absolute atomic E-state index is 12.5. The monoisotopic (exact) mass is 433 g/mol. The van der Waals surface area contributed by atoms with Gasteiger partial charge in [0.2, 0.25) is 0 Å². The van der Waals surface area contributed by atoms with Crippen molar-refractivity contribution in [2.24, 2.45) is 0 Å². The second-order valence-electron chi connectivity index (χ2n) is 4.47. The summed E-state index contributed by atoms with van der Waals surface area (Å²) in [4.78, 5) is 5.95. The summed E-state index contributed by atoms with van der Waals surface area (Å²) in [5.74, 6) is 0. The van der Waals surface area contributed by atoms with Crippen molar-refractivity contribution in [1.82, 2.24) is 4.98 Å². The Morgan fingerprint density at radius 2 is 1.90 bits per heavy atom. The van der Waals surface area contributed by atoms with Gasteiger partial charge in [-0.05, 0) is 40.2 Å². The number of nitrogens with one attached hydrogen (secondary N) is 1. The Hall–Kier alpha value is -1.12. The number of sulfonamides is 1. The molecule has 1 aromatic heterocycles. The Kier molecular flexibility index (Phi) is 4.90. The lowest BCUT2D eigenvalue weighted by atomic mass is 10.3. The van der Waals surface area contributed by atoms with Crippen LogP contribution in [0.25, 0.3) is 0 Å². The molecule has 2 aromatic rings. The number of halogens is 2. The standard InChI is InChI=1S/C13H13Br2N3O2S/c1-18(2)12-5-6-16-8-11(12)17-21(19,20)13-4-3-9(14)7-10(13)15/h3-8,17H,1-2H3. The summed E-state index contributed by atoms with van der Waals surface area (Å²) in [6.45, 7) is 0. The molecule has 112 valence electrons. The van der Waals surface area contributed by atoms with Crippen molar-refractivity contribution >= 4 is 53.3 Å². The van der Waals surface area contributed by atoms with E-state index in [2.05, 4.69) is 41.6 Å². The highest BCUT2D eigenvalue weighted by molar-refractivity contribution is 9.11. The third-order valence-corrected chi connectivity index (χ3v) is 5.54. The molecule has 0 atom stereocenters. The van der Waals surface area contributed by atoms with Crippen molar-refractivity contribution in [2.75, 3.05) is 23.7 Å². The molecule has 0 aliphatic rings. The fourth-order valence-electron chi connectivity index (χ4n) is 1.75. The molecule has 0 saturated heterocycles. The van der Waals surface area contributed by atoms with Crippen LogP contribution in [0.1, 0.15) is 0 Å². The number of benzene rings is 1. The van der Waals surface area contributed by atoms with E-state index in [9.17, 15) is 8.42 Å². The van der Waals surface area contributed by atoms with E-state index in [1.165, 1.54) is 12.3 Å². The van der Waals surface area contributed by atoms with Crippen molar-refractivity contribution in [3.63, 3.8) is 0 Å². The highest BCUT2D eigenvalue weighted by atomic mass is 79.9. The van der Waals surface area contributed by atoms with Gasteiger partial charge in [0, 0.05) is 29.2 Å². The lowest BCUT2D eigenvalue weighted by Crippen LogP contribution is -2.17. The molecule has 0 amide bonds. The van der Waals surface area contributed by atoms with Crippen molar-refractivity contribution in [3.8, 4) is 0 Å². The SMILES string of the molecule is CN(C)c1ccncc1NS(=O)(=O)c1ccc(Br)cc1Br. The van der Waals surface area contributed by atoms with Gasteiger partial charge in [-0.2, -0.15) is 0 Å². The van der Waals surface area contributed by atoms with E-state index < -0.39 is 10.0 Å². The number of hydrogen-bond acceptors (Lipinski definition) is 4. The van der Waals surface area contributed by atoms with Gasteiger partial charge in [-0.3, -0.25) is 9.71 Å². The first-order valence-corrected chi connectivity index (χ1v) is 8.97. The predicted molar refractivity (Wildman–Crippen MR) is 91.2 cm³/mol. The van der Waals surface area contributed by atoms with Gasteiger partial charge in [0.25, 0.3) is 10.0 Å². The van der Waals surface area contributed by atoms with Crippen LogP contribution in [0, 0.1) is 0 Å². The van der Waals surface area contributed by atoms with Gasteiger partial charge >= 0.3 is 0 Å². The number of anilines is 2. The average Bonchev–Trinajstić information content (AvgIpc) is 2.37. The molecule has 21 heavy (non-hydrogen) atoms. The van der Waals surface area contributed by atoms with E-state index in [1.54, 1.807) is 24.4 Å². The number of hydrogen-bond donors (Lipinski definition) is 1. The number of nitrogens with zero attached hydrogens (tertiary/aromatic N) is 2. The molecule has 0 fully saturated rings. The Bertz CT molecular complexity index is 764. The summed E-state index contributed by atoms with van der Waals surface area (Å²) in [6.07, 6.45) is 3.10. The van der Waals surface area contributed by atoms with Crippen LogP contribution < -0.4 is 9.62 Å². The fourth-order valence-corrected chi connectivity index (χ4v) is 4.55. The minimum Gasteiger partial charge on any atom is -0.376 e. The van der Waals surface area contributed by atoms with Gasteiger partial charge in [-0.1, -0.05) is 15.9 Å². The van der Waals surface area contributed by atoms with Crippen molar-refractivity contribution in [1.29, 1.82) is 0 Å². The van der Waals surface area contributed by atoms with E-state index in [0.717, 1.165) is 10.2 Å². The lowest BCUT2D eigenvalue weighted by Gasteiger charge is -2.18. The molecule has 0 bridgehead atoms. The molecule has 0 radical (unpaired) electrons. The number of pyridine rings is 1. The van der Waals surface area contributed by atoms with Crippen LogP contribution in [-0.4, -0.2) is 27.5 Å². The third-order valence-electron chi connectivity index (χ3n) is 2.71. The van der Waals surface area contributed by atoms with E-state index in [1.807, 2.05) is 19.0 Å². The molecule has 2 rings (SSSR count). The molecule has 5 nitrogen and oxygen atoms in total. The maximum atomic E-state index is 12.5. The zero-order valence-electron chi connectivity index (χ0n) is 11.3. The smallest absolute Gasteiger partial charge is 0.263 e. The molecule has 1 aromatic carbocycles. The topological polar surface area (TPSA) is 62.3 Å². The largest absolute Gasteiger partial charge is 0.376 e. The zero-order chi connectivity index (χ0) is 15.6. The van der Waals surface area contributed by atoms with Crippen LogP contribution in [0.15, 0.2) is 50.5 Å². The number of rotatable bonds is 4. The van der Waals surface area contributed by atoms with Crippen LogP contribution in [0.2, 0.25) is 0 Å². The molecular formula is C13H13Br2N3O2S. The second-order valence-corrected chi connectivity index (χ2v) is 7.89. The summed E-state index contributed by atoms with van der Waals surface area (Å²) in [5.41, 5.74) is 1.17. The normalized spacial score (nSPS) is 11.2. The summed E-state index contributed by atoms with van der Waals surface area (Å²) in [6, 6.07) is 6.64. The van der Waals surface area contributed by atoms with E-state index in [-0.39, 0.29) is 4.90 Å². The molecule has 0 saturated carbocycles. The maximum Gasteiger partial charge on any atom is 0.263 e. The van der Waals surface area contributed by atoms with Crippen LogP contribution in [0.5, 0.6) is 0 Å². The molecule has 1 heterocycles. The quantitative estimate of drug-likeness (QED) is 0.800. The summed E-state index contributed by atoms with van der Waals surface area (Å²) in [7, 11) is -0.0292. The fraction of sp³-hybridized carbons (Fsp3) is 0.154. The van der Waals surface area contributed by atoms with E-state index in [4.69, 9.17) is 0 Å². The van der Waals surface area contributed by atoms with Crippen molar-refractivity contribution in [2.45, 2.75) is 4.90 Å². The number of aromatic nitrogens is 1. The molecule has 0 unspecified atom stereocenters. The molecule has 0 aliphatic heterocycles. The minimum atomic E-state index is -3.70. The van der Waals surface area contributed by atoms with Gasteiger partial charge in [0.05, 0.1) is 17.6 Å². The summed E-state index contributed by atoms with van der Waals surface area (Å²) >= 11 is 6.57. The predicted octanol–water partition coefficient (Wildman–Crippen LogP) is 3.47. The van der Waals surface area contributed by atoms with Crippen LogP contribution in [0.3, 0.4) is 0 Å². The Morgan fingerprint density at radius 3 is 2.52 bits per heavy atom. The van der Waals surface area contributed by atoms with E-state index in [0.29, 0.717) is 10.2 Å². The van der Waals surface area contributed by atoms with Crippen molar-refractivity contribution < 1.29 is 8.42 Å². The Balaban J connectivity index is 2.43. The lowest BCUT2D eigenvalue weighted by molar-refractivity contribution is 0.600. The third kappa shape index (κ3) is 3.75. The van der Waals surface area contributed by atoms with Gasteiger partial charge in [-0.25, -0.2) is 8.42 Å². The summed E-state index contributed by atoms with van der Waals surface area (Å²) < 4.78 is 28.9. The molecule has 8 heteroatoms. The zero-order valence-corrected chi connectivity index (χ0v) is 15.3. The van der Waals surface area contributed by atoms with Gasteiger partial charge in [-0.15, -0.1) is 0 Å². The van der Waals surface area contributed by atoms with Crippen LogP contribution in [0.4, 0.5) is 11.4 Å². The second kappa shape index (κ2) is 6.33. The van der Waals surface area contributed by atoms with Crippen LogP contribution >= 0.6 is 31.9 Å².